The average Bonchev–Trinajstić information content (AvgIpc) is 3.57. The molecule has 4 aromatic rings. The smallest absolute Gasteiger partial charge is 0.319 e. The van der Waals surface area contributed by atoms with Crippen LogP contribution in [0.2, 0.25) is 5.02 Å². The Bertz CT molecular complexity index is 1880. The summed E-state index contributed by atoms with van der Waals surface area (Å²) in [6.07, 6.45) is 3.00. The highest BCUT2D eigenvalue weighted by molar-refractivity contribution is 7.23. The molecule has 3 fully saturated rings. The Morgan fingerprint density at radius 2 is 2.07 bits per heavy atom. The summed E-state index contributed by atoms with van der Waals surface area (Å²) < 4.78 is 52.3. The van der Waals surface area contributed by atoms with E-state index in [9.17, 15) is 18.8 Å². The molecule has 2 aromatic carbocycles. The Hall–Kier alpha value is -3.66. The first kappa shape index (κ1) is 29.1. The number of hydrogen-bond acceptors (Lipinski definition) is 9. The summed E-state index contributed by atoms with van der Waals surface area (Å²) in [6.45, 7) is 1.87. The summed E-state index contributed by atoms with van der Waals surface area (Å²) in [7, 11) is 0. The Labute approximate surface area is 260 Å². The van der Waals surface area contributed by atoms with Crippen molar-refractivity contribution in [2.75, 3.05) is 43.4 Å². The molecule has 2 N–H and O–H groups in total. The topological polar surface area (TPSA) is 108 Å². The van der Waals surface area contributed by atoms with Gasteiger partial charge >= 0.3 is 6.01 Å². The molecule has 228 valence electrons. The molecular weight excluding hydrogens is 613 g/mol. The highest BCUT2D eigenvalue weighted by Gasteiger charge is 2.49. The number of rotatable bonds is 5. The molecule has 3 aliphatic rings. The van der Waals surface area contributed by atoms with Crippen molar-refractivity contribution in [1.29, 1.82) is 5.26 Å². The predicted molar refractivity (Wildman–Crippen MR) is 164 cm³/mol. The Kier molecular flexibility index (Phi) is 7.30. The van der Waals surface area contributed by atoms with Crippen LogP contribution in [0.1, 0.15) is 44.1 Å². The summed E-state index contributed by atoms with van der Waals surface area (Å²) in [6, 6.07) is 5.99. The number of anilines is 2. The normalized spacial score (nSPS) is 22.5. The van der Waals surface area contributed by atoms with Crippen LogP contribution in [0.5, 0.6) is 6.01 Å². The van der Waals surface area contributed by atoms with Gasteiger partial charge < -0.3 is 15.4 Å². The highest BCUT2D eigenvalue weighted by Crippen LogP contribution is 2.46. The van der Waals surface area contributed by atoms with E-state index in [-0.39, 0.29) is 72.6 Å². The fraction of sp³-hybridized carbons (Fsp3) is 0.419. The fourth-order valence-corrected chi connectivity index (χ4v) is 8.29. The lowest BCUT2D eigenvalue weighted by molar-refractivity contribution is -0.117. The van der Waals surface area contributed by atoms with E-state index in [2.05, 4.69) is 14.9 Å². The number of benzene rings is 2. The van der Waals surface area contributed by atoms with Crippen molar-refractivity contribution >= 4 is 60.5 Å². The van der Waals surface area contributed by atoms with E-state index >= 15 is 4.39 Å². The highest BCUT2D eigenvalue weighted by atomic mass is 35.5. The van der Waals surface area contributed by atoms with Crippen LogP contribution in [-0.2, 0) is 4.79 Å². The Balaban J connectivity index is 1.40. The zero-order chi connectivity index (χ0) is 30.7. The van der Waals surface area contributed by atoms with Gasteiger partial charge in [-0.05, 0) is 49.9 Å². The van der Waals surface area contributed by atoms with Crippen LogP contribution in [0, 0.1) is 23.0 Å². The molecule has 3 saturated heterocycles. The number of carbonyl (C=O) groups excluding carboxylic acids is 1. The molecule has 2 aromatic heterocycles. The van der Waals surface area contributed by atoms with Crippen molar-refractivity contribution in [2.24, 2.45) is 0 Å². The second kappa shape index (κ2) is 11.1. The number of ether oxygens (including phenoxy) is 1. The van der Waals surface area contributed by atoms with E-state index in [1.807, 2.05) is 6.07 Å². The van der Waals surface area contributed by atoms with E-state index in [4.69, 9.17) is 22.1 Å². The van der Waals surface area contributed by atoms with Crippen LogP contribution in [0.4, 0.5) is 24.0 Å². The first-order valence-electron chi connectivity index (χ1n) is 14.6. The van der Waals surface area contributed by atoms with E-state index in [1.165, 1.54) is 18.2 Å². The molecule has 7 rings (SSSR count). The second-order valence-electron chi connectivity index (χ2n) is 11.8. The third-order valence-electron chi connectivity index (χ3n) is 9.07. The van der Waals surface area contributed by atoms with E-state index in [1.54, 1.807) is 4.90 Å². The number of halogens is 4. The zero-order valence-corrected chi connectivity index (χ0v) is 25.2. The van der Waals surface area contributed by atoms with Gasteiger partial charge in [0.25, 0.3) is 0 Å². The molecule has 2 atom stereocenters. The van der Waals surface area contributed by atoms with Gasteiger partial charge in [-0.3, -0.25) is 9.69 Å². The quantitative estimate of drug-likeness (QED) is 0.267. The fourth-order valence-electron chi connectivity index (χ4n) is 7.05. The third kappa shape index (κ3) is 4.73. The summed E-state index contributed by atoms with van der Waals surface area (Å²) in [5, 5.41) is 10.4. The molecule has 5 heterocycles. The molecule has 44 heavy (non-hydrogen) atoms. The third-order valence-corrected chi connectivity index (χ3v) is 10.4. The molecule has 0 unspecified atom stereocenters. The van der Waals surface area contributed by atoms with Crippen molar-refractivity contribution < 1.29 is 22.7 Å². The first-order chi connectivity index (χ1) is 21.2. The lowest BCUT2D eigenvalue weighted by Crippen LogP contribution is -2.43. The number of carbonyl (C=O) groups is 1. The van der Waals surface area contributed by atoms with Gasteiger partial charge in [0.1, 0.15) is 41.0 Å². The molecule has 0 saturated carbocycles. The van der Waals surface area contributed by atoms with Crippen molar-refractivity contribution in [3.63, 3.8) is 0 Å². The second-order valence-corrected chi connectivity index (χ2v) is 13.3. The van der Waals surface area contributed by atoms with Gasteiger partial charge in [0.2, 0.25) is 0 Å². The Morgan fingerprint density at radius 3 is 2.89 bits per heavy atom. The molecule has 13 heteroatoms. The number of ketones is 1. The maximum Gasteiger partial charge on any atom is 0.319 e. The number of alkyl halides is 1. The molecule has 0 aliphatic carbocycles. The lowest BCUT2D eigenvalue weighted by Gasteiger charge is -2.31. The Morgan fingerprint density at radius 1 is 1.23 bits per heavy atom. The summed E-state index contributed by atoms with van der Waals surface area (Å²) >= 11 is 7.67. The molecule has 0 amide bonds. The van der Waals surface area contributed by atoms with Gasteiger partial charge in [-0.2, -0.15) is 15.2 Å². The number of nitrogens with two attached hydrogens (primary N) is 1. The van der Waals surface area contributed by atoms with Crippen LogP contribution in [0.15, 0.2) is 18.2 Å². The van der Waals surface area contributed by atoms with Gasteiger partial charge in [-0.25, -0.2) is 13.2 Å². The van der Waals surface area contributed by atoms with E-state index in [0.717, 1.165) is 43.6 Å². The number of nitrogens with zero attached hydrogens (tertiary/aromatic N) is 5. The molecule has 3 aliphatic heterocycles. The van der Waals surface area contributed by atoms with Crippen molar-refractivity contribution in [1.82, 2.24) is 14.9 Å². The first-order valence-corrected chi connectivity index (χ1v) is 15.8. The maximum absolute atomic E-state index is 16.8. The van der Waals surface area contributed by atoms with Crippen LogP contribution in [-0.4, -0.2) is 65.1 Å². The largest absolute Gasteiger partial charge is 0.461 e. The van der Waals surface area contributed by atoms with Crippen molar-refractivity contribution in [2.45, 2.75) is 50.2 Å². The number of fused-ring (bicyclic) bond motifs is 3. The minimum Gasteiger partial charge on any atom is -0.461 e. The van der Waals surface area contributed by atoms with Crippen LogP contribution < -0.4 is 15.4 Å². The molecule has 0 bridgehead atoms. The minimum atomic E-state index is -0.950. The number of nitriles is 1. The maximum atomic E-state index is 16.8. The minimum absolute atomic E-state index is 0.00309. The number of thiophene rings is 1. The SMILES string of the molecule is N#Cc1c(N)sc2c(F)ccc(-c3c(Cl)cc4c(N5CCCCC(=O)C5)nc(OC[C@@]56CCCN5C[C@H](F)C6)nc4c3F)c12. The molecule has 8 nitrogen and oxygen atoms in total. The van der Waals surface area contributed by atoms with E-state index in [0.29, 0.717) is 31.7 Å². The average molecular weight is 641 g/mol. The molecule has 0 spiro atoms. The standard InChI is InChI=1S/C31H28ClF3N6O2S/c32-21-10-19-26(25(35)24(21)18-5-6-22(34)27-23(18)20(12-36)28(37)44-27)38-30(39-29(19)40-8-2-1-4-17(42)14-40)43-15-31-7-3-9-41(31)13-16(33)11-31/h5-6,10,16H,1-4,7-9,11,13-15,37H2/t16-,31+/m1/s1. The van der Waals surface area contributed by atoms with Gasteiger partial charge in [0.05, 0.1) is 27.4 Å². The number of hydrogen-bond donors (Lipinski definition) is 1. The number of aromatic nitrogens is 2. The van der Waals surface area contributed by atoms with Crippen molar-refractivity contribution in [3.8, 4) is 23.2 Å². The zero-order valence-electron chi connectivity index (χ0n) is 23.6. The lowest BCUT2D eigenvalue weighted by atomic mass is 9.95. The predicted octanol–water partition coefficient (Wildman–Crippen LogP) is 6.41. The van der Waals surface area contributed by atoms with Crippen molar-refractivity contribution in [3.05, 3.63) is 40.4 Å². The summed E-state index contributed by atoms with van der Waals surface area (Å²) in [5.41, 5.74) is 5.61. The van der Waals surface area contributed by atoms with Gasteiger partial charge in [0.15, 0.2) is 11.6 Å². The van der Waals surface area contributed by atoms with Crippen LogP contribution in [0.3, 0.4) is 0 Å². The summed E-state index contributed by atoms with van der Waals surface area (Å²) in [5.74, 6) is -1.06. The molecule has 0 radical (unpaired) electrons. The monoisotopic (exact) mass is 640 g/mol. The number of nitrogen functional groups attached to an aromatic ring is 1. The number of Topliss-reactive ketones (excluding diaryl/α,β-unsaturated/α-hetero) is 1. The van der Waals surface area contributed by atoms with Gasteiger partial charge in [0, 0.05) is 42.3 Å². The molecular formula is C31H28ClF3N6O2S. The van der Waals surface area contributed by atoms with E-state index < -0.39 is 23.3 Å². The van der Waals surface area contributed by atoms with Gasteiger partial charge in [-0.1, -0.05) is 17.7 Å². The van der Waals surface area contributed by atoms with Gasteiger partial charge in [-0.15, -0.1) is 11.3 Å². The summed E-state index contributed by atoms with van der Waals surface area (Å²) in [4.78, 5) is 25.6. The van der Waals surface area contributed by atoms with Crippen LogP contribution in [0.25, 0.3) is 32.1 Å². The van der Waals surface area contributed by atoms with Crippen LogP contribution >= 0.6 is 22.9 Å².